The van der Waals surface area contributed by atoms with Gasteiger partial charge in [0.1, 0.15) is 0 Å². The number of aryl methyl sites for hydroxylation is 1. The minimum absolute atomic E-state index is 0.178. The van der Waals surface area contributed by atoms with Gasteiger partial charge in [-0.05, 0) is 18.4 Å². The molecule has 4 heteroatoms. The Morgan fingerprint density at radius 2 is 2.06 bits per heavy atom. The molecule has 0 spiro atoms. The predicted octanol–water partition coefficient (Wildman–Crippen LogP) is 3.85. The van der Waals surface area contributed by atoms with Crippen LogP contribution in [0.2, 0.25) is 0 Å². The van der Waals surface area contributed by atoms with Crippen LogP contribution >= 0.6 is 11.3 Å². The number of unbranched alkanes of at least 4 members (excludes halogenated alkanes) is 1. The highest BCUT2D eigenvalue weighted by molar-refractivity contribution is 7.15. The highest BCUT2D eigenvalue weighted by Crippen LogP contribution is 2.31. The number of aromatic carboxylic acids is 1. The largest absolute Gasteiger partial charge is 0.476 e. The molecule has 0 amide bonds. The number of carboxylic acid groups (broad SMARTS) is 1. The van der Waals surface area contributed by atoms with Gasteiger partial charge >= 0.3 is 5.97 Å². The molecule has 1 heterocycles. The first-order valence-electron chi connectivity index (χ1n) is 6.00. The van der Waals surface area contributed by atoms with Crippen LogP contribution in [-0.2, 0) is 6.42 Å². The summed E-state index contributed by atoms with van der Waals surface area (Å²) in [6, 6.07) is 9.58. The van der Waals surface area contributed by atoms with E-state index < -0.39 is 5.97 Å². The highest BCUT2D eigenvalue weighted by atomic mass is 32.1. The van der Waals surface area contributed by atoms with Crippen LogP contribution in [-0.4, -0.2) is 16.1 Å². The first-order chi connectivity index (χ1) is 8.72. The molecule has 2 rings (SSSR count). The van der Waals surface area contributed by atoms with E-state index in [2.05, 4.69) is 11.9 Å². The standard InChI is InChI=1S/C14H15NO2S/c1-2-3-9-11-15-12(14(16)17)13(18-11)10-7-5-4-6-8-10/h4-8H,2-3,9H2,1H3,(H,16,17). The summed E-state index contributed by atoms with van der Waals surface area (Å²) in [5.74, 6) is -0.951. The van der Waals surface area contributed by atoms with Crippen LogP contribution in [0.15, 0.2) is 30.3 Å². The molecule has 0 aliphatic rings. The van der Waals surface area contributed by atoms with Gasteiger partial charge in [0.25, 0.3) is 0 Å². The fourth-order valence-corrected chi connectivity index (χ4v) is 2.83. The number of nitrogens with zero attached hydrogens (tertiary/aromatic N) is 1. The maximum Gasteiger partial charge on any atom is 0.356 e. The van der Waals surface area contributed by atoms with Crippen LogP contribution in [0.5, 0.6) is 0 Å². The molecule has 3 nitrogen and oxygen atoms in total. The lowest BCUT2D eigenvalue weighted by atomic mass is 10.1. The molecule has 0 aliphatic carbocycles. The van der Waals surface area contributed by atoms with Gasteiger partial charge in [-0.3, -0.25) is 0 Å². The van der Waals surface area contributed by atoms with Crippen molar-refractivity contribution in [3.05, 3.63) is 41.0 Å². The molecule has 0 fully saturated rings. The van der Waals surface area contributed by atoms with Crippen molar-refractivity contribution in [1.29, 1.82) is 0 Å². The number of carboxylic acids is 1. The first-order valence-corrected chi connectivity index (χ1v) is 6.82. The van der Waals surface area contributed by atoms with Crippen molar-refractivity contribution in [3.63, 3.8) is 0 Å². The Labute approximate surface area is 110 Å². The van der Waals surface area contributed by atoms with Crippen LogP contribution in [0.4, 0.5) is 0 Å². The molecule has 1 N–H and O–H groups in total. The molecular formula is C14H15NO2S. The third kappa shape index (κ3) is 2.76. The van der Waals surface area contributed by atoms with Gasteiger partial charge in [-0.2, -0.15) is 0 Å². The SMILES string of the molecule is CCCCc1nc(C(=O)O)c(-c2ccccc2)s1. The highest BCUT2D eigenvalue weighted by Gasteiger charge is 2.18. The Balaban J connectivity index is 2.39. The van der Waals surface area contributed by atoms with E-state index >= 15 is 0 Å². The van der Waals surface area contributed by atoms with Gasteiger partial charge in [0.2, 0.25) is 0 Å². The minimum atomic E-state index is -0.951. The number of aromatic nitrogens is 1. The Morgan fingerprint density at radius 1 is 1.33 bits per heavy atom. The summed E-state index contributed by atoms with van der Waals surface area (Å²) in [6.07, 6.45) is 2.98. The lowest BCUT2D eigenvalue weighted by molar-refractivity contribution is 0.0692. The predicted molar refractivity (Wildman–Crippen MR) is 73.1 cm³/mol. The zero-order valence-electron chi connectivity index (χ0n) is 10.2. The topological polar surface area (TPSA) is 50.2 Å². The molecule has 1 aromatic heterocycles. The van der Waals surface area contributed by atoms with Crippen molar-refractivity contribution in [2.45, 2.75) is 26.2 Å². The van der Waals surface area contributed by atoms with Crippen molar-refractivity contribution >= 4 is 17.3 Å². The van der Waals surface area contributed by atoms with E-state index in [0.29, 0.717) is 0 Å². The third-order valence-corrected chi connectivity index (χ3v) is 3.82. The molecule has 0 radical (unpaired) electrons. The lowest BCUT2D eigenvalue weighted by Crippen LogP contribution is -1.99. The Bertz CT molecular complexity index is 534. The lowest BCUT2D eigenvalue weighted by Gasteiger charge is -1.97. The maximum atomic E-state index is 11.2. The van der Waals surface area contributed by atoms with Gasteiger partial charge in [-0.15, -0.1) is 11.3 Å². The second-order valence-electron chi connectivity index (χ2n) is 4.06. The molecule has 0 saturated heterocycles. The summed E-state index contributed by atoms with van der Waals surface area (Å²) in [5.41, 5.74) is 1.10. The van der Waals surface area contributed by atoms with E-state index in [4.69, 9.17) is 0 Å². The minimum Gasteiger partial charge on any atom is -0.476 e. The van der Waals surface area contributed by atoms with Gasteiger partial charge in [-0.25, -0.2) is 9.78 Å². The number of hydrogen-bond donors (Lipinski definition) is 1. The first kappa shape index (κ1) is 12.8. The molecule has 18 heavy (non-hydrogen) atoms. The van der Waals surface area contributed by atoms with Crippen molar-refractivity contribution in [1.82, 2.24) is 4.98 Å². The zero-order valence-corrected chi connectivity index (χ0v) is 11.0. The third-order valence-electron chi connectivity index (χ3n) is 2.65. The van der Waals surface area contributed by atoms with Crippen LogP contribution in [0.25, 0.3) is 10.4 Å². The van der Waals surface area contributed by atoms with Crippen LogP contribution in [0.3, 0.4) is 0 Å². The summed E-state index contributed by atoms with van der Waals surface area (Å²) in [4.78, 5) is 16.2. The average Bonchev–Trinajstić information content (AvgIpc) is 2.82. The monoisotopic (exact) mass is 261 g/mol. The summed E-state index contributed by atoms with van der Waals surface area (Å²) in [7, 11) is 0. The maximum absolute atomic E-state index is 11.2. The summed E-state index contributed by atoms with van der Waals surface area (Å²) >= 11 is 1.49. The quantitative estimate of drug-likeness (QED) is 0.889. The summed E-state index contributed by atoms with van der Waals surface area (Å²) in [5, 5.41) is 10.1. The number of benzene rings is 1. The molecule has 1 aromatic carbocycles. The van der Waals surface area contributed by atoms with Gasteiger partial charge < -0.3 is 5.11 Å². The van der Waals surface area contributed by atoms with Crippen molar-refractivity contribution in [3.8, 4) is 10.4 Å². The molecule has 2 aromatic rings. The molecule has 0 atom stereocenters. The van der Waals surface area contributed by atoms with Gasteiger partial charge in [-0.1, -0.05) is 43.7 Å². The Kier molecular flexibility index (Phi) is 4.10. The number of rotatable bonds is 5. The Morgan fingerprint density at radius 3 is 2.67 bits per heavy atom. The van der Waals surface area contributed by atoms with Crippen molar-refractivity contribution in [2.24, 2.45) is 0 Å². The average molecular weight is 261 g/mol. The second kappa shape index (κ2) is 5.78. The van der Waals surface area contributed by atoms with E-state index in [1.807, 2.05) is 30.3 Å². The van der Waals surface area contributed by atoms with Gasteiger partial charge in [0.05, 0.1) is 9.88 Å². The van der Waals surface area contributed by atoms with E-state index in [9.17, 15) is 9.90 Å². The molecule has 0 unspecified atom stereocenters. The Hall–Kier alpha value is -1.68. The second-order valence-corrected chi connectivity index (χ2v) is 5.14. The van der Waals surface area contributed by atoms with Crippen molar-refractivity contribution in [2.75, 3.05) is 0 Å². The van der Waals surface area contributed by atoms with E-state index in [1.165, 1.54) is 11.3 Å². The smallest absolute Gasteiger partial charge is 0.356 e. The van der Waals surface area contributed by atoms with E-state index in [1.54, 1.807) is 0 Å². The van der Waals surface area contributed by atoms with E-state index in [-0.39, 0.29) is 5.69 Å². The van der Waals surface area contributed by atoms with Gasteiger partial charge in [0, 0.05) is 0 Å². The molecule has 94 valence electrons. The van der Waals surface area contributed by atoms with Crippen LogP contribution < -0.4 is 0 Å². The summed E-state index contributed by atoms with van der Waals surface area (Å²) in [6.45, 7) is 2.11. The van der Waals surface area contributed by atoms with E-state index in [0.717, 1.165) is 34.7 Å². The number of carbonyl (C=O) groups is 1. The fourth-order valence-electron chi connectivity index (χ4n) is 1.73. The van der Waals surface area contributed by atoms with Crippen molar-refractivity contribution < 1.29 is 9.90 Å². The zero-order chi connectivity index (χ0) is 13.0. The number of hydrogen-bond acceptors (Lipinski definition) is 3. The molecule has 0 saturated carbocycles. The van der Waals surface area contributed by atoms with Gasteiger partial charge in [0.15, 0.2) is 5.69 Å². The molecule has 0 aliphatic heterocycles. The van der Waals surface area contributed by atoms with Crippen LogP contribution in [0, 0.1) is 0 Å². The molecule has 0 bridgehead atoms. The summed E-state index contributed by atoms with van der Waals surface area (Å²) < 4.78 is 0. The van der Waals surface area contributed by atoms with Crippen LogP contribution in [0.1, 0.15) is 35.3 Å². The normalized spacial score (nSPS) is 10.5. The number of thiazole rings is 1. The molecular weight excluding hydrogens is 246 g/mol. The fraction of sp³-hybridized carbons (Fsp3) is 0.286.